The number of allylic oxidation sites excluding steroid dienone is 8. The van der Waals surface area contributed by atoms with Gasteiger partial charge in [-0.3, -0.25) is 14.6 Å². The van der Waals surface area contributed by atoms with Crippen molar-refractivity contribution in [1.29, 1.82) is 0 Å². The van der Waals surface area contributed by atoms with Gasteiger partial charge in [-0.25, -0.2) is 0 Å². The third-order valence-corrected chi connectivity index (χ3v) is 5.02. The van der Waals surface area contributed by atoms with Crippen molar-refractivity contribution in [2.75, 3.05) is 0 Å². The molecule has 153 valence electrons. The zero-order chi connectivity index (χ0) is 21.5. The molecular formula is C26H27N2O2. The monoisotopic (exact) mass is 399 g/mol. The summed E-state index contributed by atoms with van der Waals surface area (Å²) < 4.78 is 1.71. The largest absolute Gasteiger partial charge is 0.311 e. The Morgan fingerprint density at radius 3 is 2.67 bits per heavy atom. The highest BCUT2D eigenvalue weighted by atomic mass is 16.1. The van der Waals surface area contributed by atoms with Gasteiger partial charge < -0.3 is 4.57 Å². The summed E-state index contributed by atoms with van der Waals surface area (Å²) in [4.78, 5) is 28.4. The van der Waals surface area contributed by atoms with Gasteiger partial charge in [0.15, 0.2) is 5.78 Å². The standard InChI is InChI=1S/C24H21N2O2.C2H6/c1-17-5-6-18(7-8-21(17)16-26-11-3-2-4-23(26)27)12-19-13-22(15-25-14-19)24(28)20-9-10-20;1-2/h2-5,7-11,13-15H,6,12,16H2,1H3;1-2H3. The molecule has 0 aliphatic heterocycles. The Kier molecular flexibility index (Phi) is 7.12. The molecule has 0 saturated heterocycles. The van der Waals surface area contributed by atoms with E-state index in [4.69, 9.17) is 0 Å². The Hall–Kier alpha value is -3.27. The van der Waals surface area contributed by atoms with Gasteiger partial charge in [0, 0.05) is 42.2 Å². The summed E-state index contributed by atoms with van der Waals surface area (Å²) in [5, 5.41) is 0. The lowest BCUT2D eigenvalue weighted by Gasteiger charge is -2.09. The molecule has 0 N–H and O–H groups in total. The minimum Gasteiger partial charge on any atom is -0.311 e. The van der Waals surface area contributed by atoms with Gasteiger partial charge in [-0.1, -0.05) is 49.8 Å². The van der Waals surface area contributed by atoms with E-state index in [9.17, 15) is 9.59 Å². The van der Waals surface area contributed by atoms with Gasteiger partial charge in [0.05, 0.1) is 6.54 Å². The summed E-state index contributed by atoms with van der Waals surface area (Å²) in [6.45, 7) is 6.64. The summed E-state index contributed by atoms with van der Waals surface area (Å²) in [5.74, 6) is 0.0374. The van der Waals surface area contributed by atoms with Gasteiger partial charge in [0.25, 0.3) is 5.56 Å². The number of hydrogen-bond donors (Lipinski definition) is 0. The van der Waals surface area contributed by atoms with E-state index in [0.29, 0.717) is 12.1 Å². The van der Waals surface area contributed by atoms with Crippen molar-refractivity contribution in [3.63, 3.8) is 0 Å². The molecule has 30 heavy (non-hydrogen) atoms. The molecule has 4 nitrogen and oxygen atoms in total. The average Bonchev–Trinajstić information content (AvgIpc) is 3.62. The topological polar surface area (TPSA) is 52.0 Å². The summed E-state index contributed by atoms with van der Waals surface area (Å²) in [6.07, 6.45) is 16.9. The van der Waals surface area contributed by atoms with Crippen LogP contribution in [0.3, 0.4) is 0 Å². The van der Waals surface area contributed by atoms with E-state index in [-0.39, 0.29) is 11.3 Å². The average molecular weight is 400 g/mol. The Morgan fingerprint density at radius 1 is 1.13 bits per heavy atom. The SMILES string of the molecule is CC.CC1=CCC(Cc2cncc(C(=O)C3=C[CH]3)c2)=CC=C1Cn1ccccc1=O. The number of nitrogens with zero attached hydrogens (tertiary/aromatic N) is 2. The molecule has 2 aromatic rings. The number of carbonyl (C=O) groups is 1. The molecule has 4 heteroatoms. The first-order valence-electron chi connectivity index (χ1n) is 10.3. The maximum atomic E-state index is 12.2. The zero-order valence-corrected chi connectivity index (χ0v) is 17.8. The number of pyridine rings is 2. The number of Topliss-reactive ketones (excluding diaryl/α,β-unsaturated/α-hetero) is 1. The highest BCUT2D eigenvalue weighted by Gasteiger charge is 2.19. The molecule has 2 aliphatic carbocycles. The van der Waals surface area contributed by atoms with E-state index in [1.807, 2.05) is 50.9 Å². The molecule has 0 bridgehead atoms. The van der Waals surface area contributed by atoms with Crippen LogP contribution in [0, 0.1) is 6.42 Å². The molecule has 0 atom stereocenters. The van der Waals surface area contributed by atoms with Crippen LogP contribution in [0.15, 0.2) is 94.2 Å². The molecular weight excluding hydrogens is 372 g/mol. The molecule has 2 aliphatic rings. The van der Waals surface area contributed by atoms with Crippen LogP contribution in [-0.2, 0) is 13.0 Å². The van der Waals surface area contributed by atoms with Crippen LogP contribution in [-0.4, -0.2) is 15.3 Å². The predicted molar refractivity (Wildman–Crippen MR) is 121 cm³/mol. The van der Waals surface area contributed by atoms with E-state index in [2.05, 4.69) is 30.1 Å². The first-order chi connectivity index (χ1) is 14.6. The van der Waals surface area contributed by atoms with Crippen LogP contribution < -0.4 is 5.56 Å². The van der Waals surface area contributed by atoms with Crippen molar-refractivity contribution in [3.8, 4) is 0 Å². The minimum absolute atomic E-state index is 0.000212. The first-order valence-corrected chi connectivity index (χ1v) is 10.3. The second-order valence-electron chi connectivity index (χ2n) is 7.15. The predicted octanol–water partition coefficient (Wildman–Crippen LogP) is 5.04. The lowest BCUT2D eigenvalue weighted by Crippen LogP contribution is -2.19. The Bertz CT molecular complexity index is 1110. The van der Waals surface area contributed by atoms with E-state index < -0.39 is 0 Å². The molecule has 2 aromatic heterocycles. The lowest BCUT2D eigenvalue weighted by atomic mass is 10.0. The van der Waals surface area contributed by atoms with Crippen LogP contribution in [0.1, 0.15) is 43.1 Å². The summed E-state index contributed by atoms with van der Waals surface area (Å²) in [6, 6.07) is 7.13. The van der Waals surface area contributed by atoms with Crippen molar-refractivity contribution in [3.05, 3.63) is 117 Å². The minimum atomic E-state index is 0.000212. The quantitative estimate of drug-likeness (QED) is 0.639. The van der Waals surface area contributed by atoms with Gasteiger partial charge in [-0.2, -0.15) is 0 Å². The molecule has 2 heterocycles. The van der Waals surface area contributed by atoms with Crippen molar-refractivity contribution < 1.29 is 4.79 Å². The number of ketones is 1. The van der Waals surface area contributed by atoms with Gasteiger partial charge in [-0.15, -0.1) is 0 Å². The van der Waals surface area contributed by atoms with Gasteiger partial charge in [0.1, 0.15) is 0 Å². The van der Waals surface area contributed by atoms with Gasteiger partial charge in [0.2, 0.25) is 0 Å². The molecule has 0 amide bonds. The number of carbonyl (C=O) groups excluding carboxylic acids is 1. The number of aromatic nitrogens is 2. The molecule has 0 fully saturated rings. The zero-order valence-electron chi connectivity index (χ0n) is 17.8. The Morgan fingerprint density at radius 2 is 1.93 bits per heavy atom. The fourth-order valence-electron chi connectivity index (χ4n) is 3.25. The van der Waals surface area contributed by atoms with Crippen molar-refractivity contribution in [1.82, 2.24) is 9.55 Å². The van der Waals surface area contributed by atoms with Gasteiger partial charge in [-0.05, 0) is 48.6 Å². The van der Waals surface area contributed by atoms with Crippen molar-refractivity contribution in [2.24, 2.45) is 0 Å². The fourth-order valence-corrected chi connectivity index (χ4v) is 3.25. The van der Waals surface area contributed by atoms with E-state index in [0.717, 1.165) is 29.6 Å². The number of rotatable bonds is 6. The van der Waals surface area contributed by atoms with Crippen molar-refractivity contribution in [2.45, 2.75) is 40.2 Å². The molecule has 0 aromatic carbocycles. The number of hydrogen-bond acceptors (Lipinski definition) is 3. The first kappa shape index (κ1) is 21.4. The Balaban J connectivity index is 0.00000124. The summed E-state index contributed by atoms with van der Waals surface area (Å²) in [5.41, 5.74) is 5.98. The Labute approximate surface area is 178 Å². The molecule has 0 spiro atoms. The second-order valence-corrected chi connectivity index (χ2v) is 7.15. The highest BCUT2D eigenvalue weighted by molar-refractivity contribution is 6.13. The van der Waals surface area contributed by atoms with E-state index in [1.165, 1.54) is 11.1 Å². The van der Waals surface area contributed by atoms with Crippen LogP contribution in [0.4, 0.5) is 0 Å². The smallest absolute Gasteiger partial charge is 0.250 e. The van der Waals surface area contributed by atoms with Crippen LogP contribution in [0.2, 0.25) is 0 Å². The normalized spacial score (nSPS) is 14.9. The maximum Gasteiger partial charge on any atom is 0.250 e. The van der Waals surface area contributed by atoms with E-state index in [1.54, 1.807) is 22.9 Å². The molecule has 1 radical (unpaired) electrons. The molecule has 0 unspecified atom stereocenters. The van der Waals surface area contributed by atoms with Gasteiger partial charge >= 0.3 is 0 Å². The summed E-state index contributed by atoms with van der Waals surface area (Å²) in [7, 11) is 0. The maximum absolute atomic E-state index is 12.2. The highest BCUT2D eigenvalue weighted by Crippen LogP contribution is 2.24. The third-order valence-electron chi connectivity index (χ3n) is 5.02. The third kappa shape index (κ3) is 5.41. The van der Waals surface area contributed by atoms with Crippen molar-refractivity contribution >= 4 is 5.78 Å². The molecule has 4 rings (SSSR count). The van der Waals surface area contributed by atoms with E-state index >= 15 is 0 Å². The van der Waals surface area contributed by atoms with Crippen LogP contribution in [0.5, 0.6) is 0 Å². The van der Waals surface area contributed by atoms with Crippen LogP contribution >= 0.6 is 0 Å². The summed E-state index contributed by atoms with van der Waals surface area (Å²) >= 11 is 0. The fraction of sp³-hybridized carbons (Fsp3) is 0.231. The molecule has 0 saturated carbocycles. The van der Waals surface area contributed by atoms with Crippen LogP contribution in [0.25, 0.3) is 0 Å². The lowest BCUT2D eigenvalue weighted by molar-refractivity contribution is 0.104. The second kappa shape index (κ2) is 9.97.